The summed E-state index contributed by atoms with van der Waals surface area (Å²) < 4.78 is 0. The molecule has 0 bridgehead atoms. The fraction of sp³-hybridized carbons (Fsp3) is 0.667. The van der Waals surface area contributed by atoms with E-state index in [1.54, 1.807) is 17.5 Å². The van der Waals surface area contributed by atoms with Gasteiger partial charge in [-0.3, -0.25) is 0 Å². The number of allylic oxidation sites excluding steroid dienone is 2. The lowest BCUT2D eigenvalue weighted by Gasteiger charge is -2.44. The highest BCUT2D eigenvalue weighted by Crippen LogP contribution is 2.48. The van der Waals surface area contributed by atoms with Crippen molar-refractivity contribution in [1.82, 2.24) is 0 Å². The topological polar surface area (TPSA) is 0 Å². The third kappa shape index (κ3) is 3.35. The first-order valence-electron chi connectivity index (χ1n) is 10.4. The molecule has 0 radical (unpaired) electrons. The first kappa shape index (κ1) is 16.4. The number of hydrogen-bond acceptors (Lipinski definition) is 0. The number of fused-ring (bicyclic) bond motifs is 2. The molecule has 5 atom stereocenters. The molecule has 0 amide bonds. The van der Waals surface area contributed by atoms with Gasteiger partial charge in [0.2, 0.25) is 0 Å². The largest absolute Gasteiger partial charge is 0.0914 e. The van der Waals surface area contributed by atoms with Gasteiger partial charge >= 0.3 is 0 Å². The molecule has 0 heteroatoms. The lowest BCUT2D eigenvalue weighted by Crippen LogP contribution is -2.34. The highest BCUT2D eigenvalue weighted by Gasteiger charge is 2.38. The summed E-state index contributed by atoms with van der Waals surface area (Å²) in [5, 5.41) is 0. The minimum Gasteiger partial charge on any atom is -0.0914 e. The van der Waals surface area contributed by atoms with Crippen molar-refractivity contribution in [3.05, 3.63) is 47.0 Å². The van der Waals surface area contributed by atoms with Gasteiger partial charge in [-0.05, 0) is 112 Å². The summed E-state index contributed by atoms with van der Waals surface area (Å²) in [6.07, 6.45) is 17.9. The third-order valence-electron chi connectivity index (χ3n) is 7.45. The second-order valence-electron chi connectivity index (χ2n) is 8.97. The van der Waals surface area contributed by atoms with Crippen molar-refractivity contribution < 1.29 is 0 Å². The van der Waals surface area contributed by atoms with Gasteiger partial charge in [0.15, 0.2) is 0 Å². The third-order valence-corrected chi connectivity index (χ3v) is 7.45. The molecule has 3 aliphatic carbocycles. The molecule has 0 heterocycles. The fourth-order valence-electron chi connectivity index (χ4n) is 6.15. The summed E-state index contributed by atoms with van der Waals surface area (Å²) in [6, 6.07) is 7.18. The van der Waals surface area contributed by atoms with Crippen LogP contribution in [0.1, 0.15) is 68.6 Å². The maximum Gasteiger partial charge on any atom is -0.0231 e. The molecular formula is C24H34. The summed E-state index contributed by atoms with van der Waals surface area (Å²) in [5.41, 5.74) is 4.74. The molecule has 0 aliphatic heterocycles. The molecule has 130 valence electrons. The number of rotatable bonds is 2. The van der Waals surface area contributed by atoms with Crippen LogP contribution in [-0.2, 0) is 12.8 Å². The molecular weight excluding hydrogens is 288 g/mol. The van der Waals surface area contributed by atoms with Crippen LogP contribution in [0.2, 0.25) is 0 Å². The molecule has 24 heavy (non-hydrogen) atoms. The van der Waals surface area contributed by atoms with E-state index in [0.717, 1.165) is 29.6 Å². The van der Waals surface area contributed by atoms with Crippen LogP contribution in [0.25, 0.3) is 0 Å². The Hall–Kier alpha value is -1.04. The fourth-order valence-corrected chi connectivity index (χ4v) is 6.15. The SMILES string of the molecule is CC=CC1CCC2CC(C3CCc4cc(C)ccc4C3)CCC2C1. The molecule has 2 fully saturated rings. The lowest BCUT2D eigenvalue weighted by molar-refractivity contribution is 0.0810. The van der Waals surface area contributed by atoms with E-state index in [0.29, 0.717) is 0 Å². The first-order valence-corrected chi connectivity index (χ1v) is 10.4. The summed E-state index contributed by atoms with van der Waals surface area (Å²) in [7, 11) is 0. The minimum atomic E-state index is 0.887. The molecule has 1 aromatic carbocycles. The molecule has 2 saturated carbocycles. The van der Waals surface area contributed by atoms with Gasteiger partial charge in [0.1, 0.15) is 0 Å². The van der Waals surface area contributed by atoms with E-state index in [1.807, 2.05) is 0 Å². The van der Waals surface area contributed by atoms with E-state index in [-0.39, 0.29) is 0 Å². The predicted octanol–water partition coefficient (Wildman–Crippen LogP) is 6.51. The Morgan fingerprint density at radius 3 is 2.42 bits per heavy atom. The highest BCUT2D eigenvalue weighted by atomic mass is 14.4. The standard InChI is InChI=1S/C24H34/c1-3-4-18-6-8-22-16-24(12-10-20(22)14-18)23-11-9-19-13-17(2)5-7-21(19)15-23/h3-5,7,13,18,20,22-24H,6,8-12,14-16H2,1-2H3. The molecule has 0 spiro atoms. The monoisotopic (exact) mass is 322 g/mol. The van der Waals surface area contributed by atoms with E-state index < -0.39 is 0 Å². The first-order chi connectivity index (χ1) is 11.7. The van der Waals surface area contributed by atoms with Gasteiger partial charge in [-0.25, -0.2) is 0 Å². The van der Waals surface area contributed by atoms with Crippen molar-refractivity contribution in [3.63, 3.8) is 0 Å². The molecule has 0 N–H and O–H groups in total. The molecule has 1 aromatic rings. The van der Waals surface area contributed by atoms with Crippen molar-refractivity contribution in [2.75, 3.05) is 0 Å². The lowest BCUT2D eigenvalue weighted by atomic mass is 9.61. The number of aryl methyl sites for hydroxylation is 2. The van der Waals surface area contributed by atoms with Crippen LogP contribution < -0.4 is 0 Å². The van der Waals surface area contributed by atoms with E-state index in [4.69, 9.17) is 0 Å². The molecule has 0 saturated heterocycles. The molecule has 4 rings (SSSR count). The smallest absolute Gasteiger partial charge is 0.0231 e. The van der Waals surface area contributed by atoms with Gasteiger partial charge in [0.25, 0.3) is 0 Å². The van der Waals surface area contributed by atoms with Gasteiger partial charge in [0.05, 0.1) is 0 Å². The van der Waals surface area contributed by atoms with Gasteiger partial charge in [-0.15, -0.1) is 0 Å². The van der Waals surface area contributed by atoms with E-state index in [1.165, 1.54) is 56.9 Å². The van der Waals surface area contributed by atoms with Crippen LogP contribution >= 0.6 is 0 Å². The van der Waals surface area contributed by atoms with Crippen LogP contribution in [0.5, 0.6) is 0 Å². The average Bonchev–Trinajstić information content (AvgIpc) is 2.61. The second kappa shape index (κ2) is 7.06. The normalized spacial score (nSPS) is 36.3. The molecule has 0 nitrogen and oxygen atoms in total. The van der Waals surface area contributed by atoms with Crippen LogP contribution in [-0.4, -0.2) is 0 Å². The number of benzene rings is 1. The molecule has 3 aliphatic rings. The van der Waals surface area contributed by atoms with E-state index in [9.17, 15) is 0 Å². The Labute approximate surface area is 148 Å². The van der Waals surface area contributed by atoms with Crippen LogP contribution in [0.4, 0.5) is 0 Å². The van der Waals surface area contributed by atoms with E-state index >= 15 is 0 Å². The van der Waals surface area contributed by atoms with Crippen molar-refractivity contribution >= 4 is 0 Å². The van der Waals surface area contributed by atoms with Crippen molar-refractivity contribution in [2.45, 2.75) is 71.6 Å². The second-order valence-corrected chi connectivity index (χ2v) is 8.97. The summed E-state index contributed by atoms with van der Waals surface area (Å²) >= 11 is 0. The summed E-state index contributed by atoms with van der Waals surface area (Å²) in [4.78, 5) is 0. The Morgan fingerprint density at radius 2 is 1.58 bits per heavy atom. The maximum absolute atomic E-state index is 2.47. The molecule has 5 unspecified atom stereocenters. The highest BCUT2D eigenvalue weighted by molar-refractivity contribution is 5.33. The van der Waals surface area contributed by atoms with Crippen LogP contribution in [0.15, 0.2) is 30.4 Å². The van der Waals surface area contributed by atoms with Gasteiger partial charge in [-0.2, -0.15) is 0 Å². The van der Waals surface area contributed by atoms with Gasteiger partial charge in [-0.1, -0.05) is 35.9 Å². The number of hydrogen-bond donors (Lipinski definition) is 0. The maximum atomic E-state index is 2.47. The van der Waals surface area contributed by atoms with E-state index in [2.05, 4.69) is 44.2 Å². The zero-order valence-electron chi connectivity index (χ0n) is 15.6. The predicted molar refractivity (Wildman–Crippen MR) is 103 cm³/mol. The average molecular weight is 323 g/mol. The van der Waals surface area contributed by atoms with Gasteiger partial charge < -0.3 is 0 Å². The quantitative estimate of drug-likeness (QED) is 0.544. The van der Waals surface area contributed by atoms with Crippen molar-refractivity contribution in [1.29, 1.82) is 0 Å². The Bertz CT molecular complexity index is 596. The molecule has 0 aromatic heterocycles. The Morgan fingerprint density at radius 1 is 0.833 bits per heavy atom. The Balaban J connectivity index is 1.38. The van der Waals surface area contributed by atoms with Crippen molar-refractivity contribution in [2.24, 2.45) is 29.6 Å². The zero-order chi connectivity index (χ0) is 16.5. The van der Waals surface area contributed by atoms with Gasteiger partial charge in [0, 0.05) is 0 Å². The minimum absolute atomic E-state index is 0.887. The summed E-state index contributed by atoms with van der Waals surface area (Å²) in [6.45, 7) is 4.42. The zero-order valence-corrected chi connectivity index (χ0v) is 15.6. The van der Waals surface area contributed by atoms with Crippen molar-refractivity contribution in [3.8, 4) is 0 Å². The van der Waals surface area contributed by atoms with Crippen LogP contribution in [0, 0.1) is 36.5 Å². The summed E-state index contributed by atoms with van der Waals surface area (Å²) in [5.74, 6) is 4.95. The Kier molecular flexibility index (Phi) is 4.83. The van der Waals surface area contributed by atoms with Crippen LogP contribution in [0.3, 0.4) is 0 Å².